The van der Waals surface area contributed by atoms with Crippen LogP contribution in [0, 0.1) is 5.92 Å². The molecule has 21 heavy (non-hydrogen) atoms. The number of aromatic nitrogens is 1. The second-order valence-electron chi connectivity index (χ2n) is 6.45. The molecular formula is C17H26N2O2. The van der Waals surface area contributed by atoms with E-state index in [1.54, 1.807) is 12.3 Å². The largest absolute Gasteiger partial charge is 0.477 e. The van der Waals surface area contributed by atoms with E-state index >= 15 is 0 Å². The predicted molar refractivity (Wildman–Crippen MR) is 83.3 cm³/mol. The van der Waals surface area contributed by atoms with E-state index in [-0.39, 0.29) is 5.69 Å². The van der Waals surface area contributed by atoms with E-state index in [1.165, 1.54) is 32.1 Å². The number of aromatic carboxylic acids is 1. The van der Waals surface area contributed by atoms with Gasteiger partial charge in [0.25, 0.3) is 0 Å². The monoisotopic (exact) mass is 290 g/mol. The van der Waals surface area contributed by atoms with Gasteiger partial charge in [0, 0.05) is 18.8 Å². The van der Waals surface area contributed by atoms with E-state index in [1.807, 2.05) is 6.07 Å². The highest BCUT2D eigenvalue weighted by Crippen LogP contribution is 2.25. The number of carbonyl (C=O) groups is 1. The molecule has 4 nitrogen and oxygen atoms in total. The maximum Gasteiger partial charge on any atom is 0.354 e. The fraction of sp³-hybridized carbons (Fsp3) is 0.647. The Labute approximate surface area is 127 Å². The Bertz CT molecular complexity index is 468. The molecular weight excluding hydrogens is 264 g/mol. The fourth-order valence-electron chi connectivity index (χ4n) is 3.01. The highest BCUT2D eigenvalue weighted by molar-refractivity contribution is 5.85. The second-order valence-corrected chi connectivity index (χ2v) is 6.45. The first-order chi connectivity index (χ1) is 10.1. The maximum absolute atomic E-state index is 11.0. The van der Waals surface area contributed by atoms with Gasteiger partial charge in [-0.25, -0.2) is 9.78 Å². The first-order valence-corrected chi connectivity index (χ1v) is 7.98. The molecule has 1 heterocycles. The lowest BCUT2D eigenvalue weighted by molar-refractivity contribution is 0.0690. The third-order valence-corrected chi connectivity index (χ3v) is 4.26. The summed E-state index contributed by atoms with van der Waals surface area (Å²) < 4.78 is 0. The smallest absolute Gasteiger partial charge is 0.354 e. The summed E-state index contributed by atoms with van der Waals surface area (Å²) in [6, 6.07) is 4.30. The SMILES string of the molecule is CC(C)CCN(Cc1ccnc(C(=O)O)c1)C1CCCC1. The molecule has 1 saturated carbocycles. The average molecular weight is 290 g/mol. The van der Waals surface area contributed by atoms with Crippen molar-refractivity contribution in [2.75, 3.05) is 6.54 Å². The van der Waals surface area contributed by atoms with Crippen molar-refractivity contribution in [1.29, 1.82) is 0 Å². The standard InChI is InChI=1S/C17H26N2O2/c1-13(2)8-10-19(15-5-3-4-6-15)12-14-7-9-18-16(11-14)17(20)21/h7,9,11,13,15H,3-6,8,10,12H2,1-2H3,(H,20,21). The summed E-state index contributed by atoms with van der Waals surface area (Å²) in [6.45, 7) is 6.43. The minimum Gasteiger partial charge on any atom is -0.477 e. The molecule has 116 valence electrons. The van der Waals surface area contributed by atoms with Crippen LogP contribution in [-0.4, -0.2) is 33.5 Å². The molecule has 2 rings (SSSR count). The molecule has 1 aliphatic carbocycles. The highest BCUT2D eigenvalue weighted by Gasteiger charge is 2.22. The van der Waals surface area contributed by atoms with Gasteiger partial charge >= 0.3 is 5.97 Å². The van der Waals surface area contributed by atoms with E-state index in [9.17, 15) is 4.79 Å². The molecule has 0 unspecified atom stereocenters. The van der Waals surface area contributed by atoms with Crippen molar-refractivity contribution >= 4 is 5.97 Å². The van der Waals surface area contributed by atoms with Crippen molar-refractivity contribution in [2.24, 2.45) is 5.92 Å². The lowest BCUT2D eigenvalue weighted by atomic mass is 10.1. The summed E-state index contributed by atoms with van der Waals surface area (Å²) in [5.41, 5.74) is 1.20. The van der Waals surface area contributed by atoms with Crippen LogP contribution >= 0.6 is 0 Å². The van der Waals surface area contributed by atoms with E-state index in [0.717, 1.165) is 18.7 Å². The van der Waals surface area contributed by atoms with Crippen molar-refractivity contribution in [3.05, 3.63) is 29.6 Å². The van der Waals surface area contributed by atoms with Gasteiger partial charge in [-0.2, -0.15) is 0 Å². The number of carboxylic acids is 1. The quantitative estimate of drug-likeness (QED) is 0.834. The summed E-state index contributed by atoms with van der Waals surface area (Å²) in [7, 11) is 0. The van der Waals surface area contributed by atoms with Crippen molar-refractivity contribution < 1.29 is 9.90 Å². The van der Waals surface area contributed by atoms with Crippen molar-refractivity contribution in [3.63, 3.8) is 0 Å². The van der Waals surface area contributed by atoms with E-state index < -0.39 is 5.97 Å². The lowest BCUT2D eigenvalue weighted by Crippen LogP contribution is -2.34. The Kier molecular flexibility index (Phi) is 5.74. The number of pyridine rings is 1. The Hall–Kier alpha value is -1.42. The molecule has 0 atom stereocenters. The molecule has 1 aliphatic rings. The van der Waals surface area contributed by atoms with Crippen LogP contribution in [0.4, 0.5) is 0 Å². The molecule has 0 saturated heterocycles. The minimum absolute atomic E-state index is 0.141. The van der Waals surface area contributed by atoms with Gasteiger partial charge in [-0.3, -0.25) is 4.90 Å². The number of carboxylic acid groups (broad SMARTS) is 1. The van der Waals surface area contributed by atoms with E-state index in [4.69, 9.17) is 5.11 Å². The Morgan fingerprint density at radius 2 is 2.14 bits per heavy atom. The van der Waals surface area contributed by atoms with Gasteiger partial charge in [-0.05, 0) is 49.4 Å². The Morgan fingerprint density at radius 1 is 1.43 bits per heavy atom. The van der Waals surface area contributed by atoms with Crippen LogP contribution in [0.1, 0.15) is 62.0 Å². The molecule has 1 N–H and O–H groups in total. The number of rotatable bonds is 7. The molecule has 0 radical (unpaired) electrons. The maximum atomic E-state index is 11.0. The molecule has 0 aromatic carbocycles. The lowest BCUT2D eigenvalue weighted by Gasteiger charge is -2.29. The van der Waals surface area contributed by atoms with Gasteiger partial charge in [-0.15, -0.1) is 0 Å². The zero-order valence-electron chi connectivity index (χ0n) is 13.1. The van der Waals surface area contributed by atoms with Crippen LogP contribution in [0.5, 0.6) is 0 Å². The molecule has 0 aliphatic heterocycles. The molecule has 0 spiro atoms. The van der Waals surface area contributed by atoms with Crippen molar-refractivity contribution in [2.45, 2.75) is 58.5 Å². The number of nitrogens with zero attached hydrogens (tertiary/aromatic N) is 2. The van der Waals surface area contributed by atoms with Gasteiger partial charge in [0.2, 0.25) is 0 Å². The molecule has 0 bridgehead atoms. The van der Waals surface area contributed by atoms with Crippen molar-refractivity contribution in [1.82, 2.24) is 9.88 Å². The molecule has 0 amide bonds. The van der Waals surface area contributed by atoms with Gasteiger partial charge < -0.3 is 5.11 Å². The van der Waals surface area contributed by atoms with Gasteiger partial charge in [0.05, 0.1) is 0 Å². The van der Waals surface area contributed by atoms with Gasteiger partial charge in [0.15, 0.2) is 0 Å². The zero-order chi connectivity index (χ0) is 15.2. The summed E-state index contributed by atoms with van der Waals surface area (Å²) in [5, 5.41) is 9.05. The van der Waals surface area contributed by atoms with Crippen LogP contribution in [0.15, 0.2) is 18.3 Å². The third-order valence-electron chi connectivity index (χ3n) is 4.26. The van der Waals surface area contributed by atoms with Gasteiger partial charge in [0.1, 0.15) is 5.69 Å². The normalized spacial score (nSPS) is 16.0. The molecule has 1 aromatic heterocycles. The van der Waals surface area contributed by atoms with E-state index in [0.29, 0.717) is 12.0 Å². The molecule has 1 aromatic rings. The minimum atomic E-state index is -0.952. The third kappa shape index (κ3) is 4.81. The summed E-state index contributed by atoms with van der Waals surface area (Å²) in [4.78, 5) is 17.5. The van der Waals surface area contributed by atoms with Crippen LogP contribution < -0.4 is 0 Å². The summed E-state index contributed by atoms with van der Waals surface area (Å²) in [6.07, 6.45) is 7.98. The summed E-state index contributed by atoms with van der Waals surface area (Å²) in [5.74, 6) is -0.257. The van der Waals surface area contributed by atoms with Crippen LogP contribution in [0.3, 0.4) is 0 Å². The van der Waals surface area contributed by atoms with Crippen LogP contribution in [0.25, 0.3) is 0 Å². The Balaban J connectivity index is 2.06. The van der Waals surface area contributed by atoms with Crippen molar-refractivity contribution in [3.8, 4) is 0 Å². The molecule has 4 heteroatoms. The van der Waals surface area contributed by atoms with Crippen LogP contribution in [-0.2, 0) is 6.54 Å². The highest BCUT2D eigenvalue weighted by atomic mass is 16.4. The Morgan fingerprint density at radius 3 is 2.76 bits per heavy atom. The zero-order valence-corrected chi connectivity index (χ0v) is 13.1. The fourth-order valence-corrected chi connectivity index (χ4v) is 3.01. The summed E-state index contributed by atoms with van der Waals surface area (Å²) >= 11 is 0. The average Bonchev–Trinajstić information content (AvgIpc) is 2.97. The second kappa shape index (κ2) is 7.55. The molecule has 1 fully saturated rings. The predicted octanol–water partition coefficient (Wildman–Crippen LogP) is 3.57. The first kappa shape index (κ1) is 16.0. The topological polar surface area (TPSA) is 53.4 Å². The number of hydrogen-bond donors (Lipinski definition) is 1. The van der Waals surface area contributed by atoms with E-state index in [2.05, 4.69) is 23.7 Å². The van der Waals surface area contributed by atoms with Gasteiger partial charge in [-0.1, -0.05) is 26.7 Å². The first-order valence-electron chi connectivity index (χ1n) is 7.98. The van der Waals surface area contributed by atoms with Crippen LogP contribution in [0.2, 0.25) is 0 Å². The number of hydrogen-bond acceptors (Lipinski definition) is 3.